The van der Waals surface area contributed by atoms with E-state index in [1.54, 1.807) is 7.11 Å². The van der Waals surface area contributed by atoms with Crippen LogP contribution >= 0.6 is 0 Å². The van der Waals surface area contributed by atoms with Crippen LogP contribution in [-0.2, 0) is 19.1 Å². The third-order valence-corrected chi connectivity index (χ3v) is 2.30. The van der Waals surface area contributed by atoms with Gasteiger partial charge in [0.1, 0.15) is 26.4 Å². The molecular weight excluding hydrogens is 222 g/mol. The van der Waals surface area contributed by atoms with Gasteiger partial charge in [-0.25, -0.2) is 0 Å². The van der Waals surface area contributed by atoms with Crippen LogP contribution < -0.4 is 0 Å². The van der Waals surface area contributed by atoms with E-state index < -0.39 is 0 Å². The van der Waals surface area contributed by atoms with Crippen molar-refractivity contribution in [3.63, 3.8) is 0 Å². The highest BCUT2D eigenvalue weighted by Gasteiger charge is 2.30. The number of hydroxylamine groups is 4. The van der Waals surface area contributed by atoms with E-state index in [0.717, 1.165) is 13.0 Å². The lowest BCUT2D eigenvalue weighted by atomic mass is 10.4. The first kappa shape index (κ1) is 16.8. The SMILES string of the molecule is CCC[N+](CCOCCOC)(OCC)OCC. The molecule has 0 aliphatic heterocycles. The standard InChI is InChI=1S/C12H28NO4/c1-5-8-13(16-6-2,17-7-3)9-10-15-12-11-14-4/h5-12H2,1-4H3/q+1. The van der Waals surface area contributed by atoms with Gasteiger partial charge in [-0.05, 0) is 25.1 Å². The third-order valence-electron chi connectivity index (χ3n) is 2.30. The fourth-order valence-corrected chi connectivity index (χ4v) is 1.67. The van der Waals surface area contributed by atoms with E-state index in [2.05, 4.69) is 6.92 Å². The molecule has 0 unspecified atom stereocenters. The van der Waals surface area contributed by atoms with Gasteiger partial charge in [0, 0.05) is 7.11 Å². The van der Waals surface area contributed by atoms with E-state index in [9.17, 15) is 0 Å². The van der Waals surface area contributed by atoms with Gasteiger partial charge >= 0.3 is 0 Å². The Morgan fingerprint density at radius 2 is 1.47 bits per heavy atom. The zero-order valence-corrected chi connectivity index (χ0v) is 11.7. The molecular formula is C12H28NO4+. The maximum absolute atomic E-state index is 5.72. The van der Waals surface area contributed by atoms with Crippen molar-refractivity contribution in [2.75, 3.05) is 53.2 Å². The number of hydrogen-bond acceptors (Lipinski definition) is 4. The maximum atomic E-state index is 5.72. The topological polar surface area (TPSA) is 36.9 Å². The monoisotopic (exact) mass is 250 g/mol. The van der Waals surface area contributed by atoms with Crippen LogP contribution in [0.1, 0.15) is 27.2 Å². The molecule has 0 amide bonds. The molecule has 0 N–H and O–H groups in total. The van der Waals surface area contributed by atoms with E-state index in [1.165, 1.54) is 0 Å². The maximum Gasteiger partial charge on any atom is 0.165 e. The lowest BCUT2D eigenvalue weighted by molar-refractivity contribution is -1.25. The van der Waals surface area contributed by atoms with Crippen LogP contribution in [0.25, 0.3) is 0 Å². The number of methoxy groups -OCH3 is 1. The van der Waals surface area contributed by atoms with Crippen LogP contribution in [-0.4, -0.2) is 58.0 Å². The fourth-order valence-electron chi connectivity index (χ4n) is 1.67. The first-order valence-electron chi connectivity index (χ1n) is 6.47. The molecule has 0 aliphatic rings. The Bertz CT molecular complexity index is 150. The first-order valence-corrected chi connectivity index (χ1v) is 6.47. The summed E-state index contributed by atoms with van der Waals surface area (Å²) in [4.78, 5) is 11.7. The summed E-state index contributed by atoms with van der Waals surface area (Å²) in [7, 11) is 1.67. The number of rotatable bonds is 12. The summed E-state index contributed by atoms with van der Waals surface area (Å²) >= 11 is 0. The van der Waals surface area contributed by atoms with Gasteiger partial charge in [-0.2, -0.15) is 9.68 Å². The molecule has 5 heteroatoms. The summed E-state index contributed by atoms with van der Waals surface area (Å²) in [6.07, 6.45) is 1.01. The molecule has 0 saturated carbocycles. The second-order valence-corrected chi connectivity index (χ2v) is 3.70. The van der Waals surface area contributed by atoms with Crippen LogP contribution in [0.4, 0.5) is 0 Å². The molecule has 0 aromatic carbocycles. The molecule has 0 heterocycles. The summed E-state index contributed by atoms with van der Waals surface area (Å²) in [6.45, 7) is 10.8. The lowest BCUT2D eigenvalue weighted by Crippen LogP contribution is -2.50. The average Bonchev–Trinajstić information content (AvgIpc) is 2.30. The average molecular weight is 250 g/mol. The Hall–Kier alpha value is -0.200. The van der Waals surface area contributed by atoms with Crippen LogP contribution in [0, 0.1) is 0 Å². The van der Waals surface area contributed by atoms with Crippen LogP contribution in [0.2, 0.25) is 0 Å². The van der Waals surface area contributed by atoms with Crippen molar-refractivity contribution < 1.29 is 24.0 Å². The molecule has 0 rings (SSSR count). The van der Waals surface area contributed by atoms with E-state index in [-0.39, 0.29) is 4.81 Å². The smallest absolute Gasteiger partial charge is 0.165 e. The van der Waals surface area contributed by atoms with Crippen molar-refractivity contribution in [3.05, 3.63) is 0 Å². The number of ether oxygens (including phenoxy) is 2. The molecule has 5 nitrogen and oxygen atoms in total. The van der Waals surface area contributed by atoms with Gasteiger partial charge in [0.25, 0.3) is 0 Å². The molecule has 0 spiro atoms. The summed E-state index contributed by atoms with van der Waals surface area (Å²) in [5.41, 5.74) is 0. The van der Waals surface area contributed by atoms with Crippen molar-refractivity contribution in [3.8, 4) is 0 Å². The third kappa shape index (κ3) is 7.68. The molecule has 104 valence electrons. The number of nitrogens with zero attached hydrogens (tertiary/aromatic N) is 1. The van der Waals surface area contributed by atoms with Gasteiger partial charge in [-0.15, -0.1) is 0 Å². The summed E-state index contributed by atoms with van der Waals surface area (Å²) in [6, 6.07) is 0. The predicted octanol–water partition coefficient (Wildman–Crippen LogP) is 1.78. The van der Waals surface area contributed by atoms with Gasteiger partial charge < -0.3 is 9.47 Å². The molecule has 0 atom stereocenters. The lowest BCUT2D eigenvalue weighted by Gasteiger charge is -2.31. The number of quaternary nitrogens is 1. The van der Waals surface area contributed by atoms with E-state index in [1.807, 2.05) is 13.8 Å². The summed E-state index contributed by atoms with van der Waals surface area (Å²) in [5, 5.41) is 0. The van der Waals surface area contributed by atoms with Gasteiger partial charge in [-0.3, -0.25) is 0 Å². The molecule has 0 saturated heterocycles. The van der Waals surface area contributed by atoms with Crippen molar-refractivity contribution in [2.45, 2.75) is 27.2 Å². The molecule has 0 aromatic rings. The van der Waals surface area contributed by atoms with Crippen LogP contribution in [0.3, 0.4) is 0 Å². The van der Waals surface area contributed by atoms with E-state index in [4.69, 9.17) is 19.1 Å². The molecule has 0 aromatic heterocycles. The molecule has 0 aliphatic carbocycles. The molecule has 17 heavy (non-hydrogen) atoms. The highest BCUT2D eigenvalue weighted by molar-refractivity contribution is 4.32. The predicted molar refractivity (Wildman–Crippen MR) is 66.2 cm³/mol. The molecule has 0 bridgehead atoms. The molecule has 0 fully saturated rings. The number of hydrogen-bond donors (Lipinski definition) is 0. The van der Waals surface area contributed by atoms with Gasteiger partial charge in [-0.1, -0.05) is 6.92 Å². The van der Waals surface area contributed by atoms with Crippen molar-refractivity contribution >= 4 is 0 Å². The van der Waals surface area contributed by atoms with Gasteiger partial charge in [0.2, 0.25) is 0 Å². The Labute approximate surface area is 105 Å². The normalized spacial score (nSPS) is 12.0. The highest BCUT2D eigenvalue weighted by atomic mass is 17.0. The minimum atomic E-state index is 0.233. The van der Waals surface area contributed by atoms with Gasteiger partial charge in [0.05, 0.1) is 13.2 Å². The van der Waals surface area contributed by atoms with Crippen molar-refractivity contribution in [2.24, 2.45) is 0 Å². The summed E-state index contributed by atoms with van der Waals surface area (Å²) < 4.78 is 10.4. The Kier molecular flexibility index (Phi) is 10.8. The first-order chi connectivity index (χ1) is 8.24. The minimum absolute atomic E-state index is 0.233. The quantitative estimate of drug-likeness (QED) is 0.300. The largest absolute Gasteiger partial charge is 0.382 e. The van der Waals surface area contributed by atoms with Crippen LogP contribution in [0.5, 0.6) is 0 Å². The van der Waals surface area contributed by atoms with E-state index >= 15 is 0 Å². The Morgan fingerprint density at radius 3 is 1.94 bits per heavy atom. The van der Waals surface area contributed by atoms with Crippen molar-refractivity contribution in [1.82, 2.24) is 0 Å². The molecule has 0 radical (unpaired) electrons. The highest BCUT2D eigenvalue weighted by Crippen LogP contribution is 2.11. The Morgan fingerprint density at radius 1 is 0.824 bits per heavy atom. The Balaban J connectivity index is 4.05. The zero-order valence-electron chi connectivity index (χ0n) is 11.7. The van der Waals surface area contributed by atoms with Gasteiger partial charge in [0.15, 0.2) is 6.54 Å². The minimum Gasteiger partial charge on any atom is -0.382 e. The van der Waals surface area contributed by atoms with Crippen molar-refractivity contribution in [1.29, 1.82) is 0 Å². The second kappa shape index (κ2) is 10.9. The summed E-state index contributed by atoms with van der Waals surface area (Å²) in [5.74, 6) is 0. The fraction of sp³-hybridized carbons (Fsp3) is 1.00. The second-order valence-electron chi connectivity index (χ2n) is 3.70. The van der Waals surface area contributed by atoms with E-state index in [0.29, 0.717) is 39.6 Å². The zero-order chi connectivity index (χ0) is 13.0. The van der Waals surface area contributed by atoms with Crippen LogP contribution in [0.15, 0.2) is 0 Å².